The van der Waals surface area contributed by atoms with Crippen LogP contribution in [0.4, 0.5) is 0 Å². The fraction of sp³-hybridized carbons (Fsp3) is 0.550. The Labute approximate surface area is 183 Å². The lowest BCUT2D eigenvalue weighted by Gasteiger charge is -2.33. The number of benzene rings is 1. The molecule has 1 aliphatic heterocycles. The summed E-state index contributed by atoms with van der Waals surface area (Å²) < 4.78 is 0. The minimum atomic E-state index is 0. The molecule has 2 aliphatic rings. The number of nitrogens with zero attached hydrogens (tertiary/aromatic N) is 4. The number of halogens is 1. The second-order valence-electron chi connectivity index (χ2n) is 7.42. The molecule has 3 N–H and O–H groups in total. The summed E-state index contributed by atoms with van der Waals surface area (Å²) in [4.78, 5) is 11.7. The van der Waals surface area contributed by atoms with E-state index in [1.807, 2.05) is 12.1 Å². The first kappa shape index (κ1) is 21.0. The first-order chi connectivity index (χ1) is 13.3. The van der Waals surface area contributed by atoms with E-state index in [2.05, 4.69) is 49.8 Å². The van der Waals surface area contributed by atoms with Crippen LogP contribution in [-0.4, -0.2) is 57.8 Å². The third-order valence-corrected chi connectivity index (χ3v) is 5.31. The van der Waals surface area contributed by atoms with Crippen LogP contribution < -0.4 is 10.6 Å². The van der Waals surface area contributed by atoms with E-state index in [9.17, 15) is 0 Å². The summed E-state index contributed by atoms with van der Waals surface area (Å²) in [5, 5.41) is 13.9. The number of piperidine rings is 1. The van der Waals surface area contributed by atoms with E-state index < -0.39 is 0 Å². The fourth-order valence-electron chi connectivity index (χ4n) is 3.69. The zero-order valence-electron chi connectivity index (χ0n) is 16.4. The van der Waals surface area contributed by atoms with Gasteiger partial charge in [0.25, 0.3) is 0 Å². The number of guanidine groups is 1. The van der Waals surface area contributed by atoms with Crippen molar-refractivity contribution in [1.82, 2.24) is 30.7 Å². The van der Waals surface area contributed by atoms with E-state index in [4.69, 9.17) is 4.99 Å². The Balaban J connectivity index is 0.00000225. The molecule has 7 nitrogen and oxygen atoms in total. The van der Waals surface area contributed by atoms with Gasteiger partial charge in [0.15, 0.2) is 11.8 Å². The number of aliphatic imine (C=N–C) groups is 1. The van der Waals surface area contributed by atoms with Crippen molar-refractivity contribution in [3.05, 3.63) is 36.2 Å². The monoisotopic (exact) mass is 495 g/mol. The molecule has 2 aromatic rings. The van der Waals surface area contributed by atoms with Crippen molar-refractivity contribution < 1.29 is 0 Å². The predicted octanol–water partition coefficient (Wildman–Crippen LogP) is 2.77. The summed E-state index contributed by atoms with van der Waals surface area (Å²) in [6.07, 6.45) is 6.72. The van der Waals surface area contributed by atoms with E-state index in [1.165, 1.54) is 45.1 Å². The van der Waals surface area contributed by atoms with Gasteiger partial charge in [0, 0.05) is 37.3 Å². The molecule has 1 saturated heterocycles. The lowest BCUT2D eigenvalue weighted by Crippen LogP contribution is -2.49. The minimum absolute atomic E-state index is 0. The largest absolute Gasteiger partial charge is 0.357 e. The highest BCUT2D eigenvalue weighted by atomic mass is 127. The average molecular weight is 495 g/mol. The highest BCUT2D eigenvalue weighted by Crippen LogP contribution is 2.29. The molecule has 0 bridgehead atoms. The zero-order chi connectivity index (χ0) is 18.5. The molecule has 1 saturated carbocycles. The van der Waals surface area contributed by atoms with Crippen LogP contribution in [0.25, 0.3) is 11.4 Å². The quantitative estimate of drug-likeness (QED) is 0.326. The maximum Gasteiger partial charge on any atom is 0.191 e. The third kappa shape index (κ3) is 5.66. The van der Waals surface area contributed by atoms with Crippen molar-refractivity contribution in [3.63, 3.8) is 0 Å². The van der Waals surface area contributed by atoms with Crippen LogP contribution in [0.3, 0.4) is 0 Å². The average Bonchev–Trinajstić information content (AvgIpc) is 3.40. The molecule has 1 aliphatic carbocycles. The van der Waals surface area contributed by atoms with Gasteiger partial charge in [-0.05, 0) is 44.2 Å². The van der Waals surface area contributed by atoms with E-state index >= 15 is 0 Å². The maximum absolute atomic E-state index is 4.80. The Hall–Kier alpha value is -1.68. The molecular weight excluding hydrogens is 465 g/mol. The van der Waals surface area contributed by atoms with Crippen molar-refractivity contribution in [3.8, 4) is 11.4 Å². The summed E-state index contributed by atoms with van der Waals surface area (Å²) in [6.45, 7) is 6.03. The van der Waals surface area contributed by atoms with Crippen LogP contribution in [0, 0.1) is 0 Å². The van der Waals surface area contributed by atoms with Gasteiger partial charge in [-0.3, -0.25) is 5.10 Å². The van der Waals surface area contributed by atoms with Gasteiger partial charge in [0.1, 0.15) is 6.33 Å². The second-order valence-corrected chi connectivity index (χ2v) is 7.42. The Morgan fingerprint density at radius 3 is 2.75 bits per heavy atom. The molecule has 1 aromatic carbocycles. The molecule has 2 heterocycles. The van der Waals surface area contributed by atoms with Crippen molar-refractivity contribution in [1.29, 1.82) is 0 Å². The summed E-state index contributed by atoms with van der Waals surface area (Å²) >= 11 is 0. The number of aromatic amines is 1. The molecule has 4 rings (SSSR count). The lowest BCUT2D eigenvalue weighted by molar-refractivity contribution is 0.197. The van der Waals surface area contributed by atoms with Crippen molar-refractivity contribution in [2.75, 3.05) is 19.6 Å². The zero-order valence-corrected chi connectivity index (χ0v) is 18.7. The summed E-state index contributed by atoms with van der Waals surface area (Å²) in [6, 6.07) is 9.67. The number of aromatic nitrogens is 3. The lowest BCUT2D eigenvalue weighted by atomic mass is 10.1. The van der Waals surface area contributed by atoms with Gasteiger partial charge in [-0.1, -0.05) is 18.2 Å². The van der Waals surface area contributed by atoms with Gasteiger partial charge in [-0.15, -0.1) is 24.0 Å². The van der Waals surface area contributed by atoms with Crippen LogP contribution >= 0.6 is 24.0 Å². The molecule has 0 atom stereocenters. The minimum Gasteiger partial charge on any atom is -0.357 e. The number of nitrogens with one attached hydrogen (secondary N) is 3. The highest BCUT2D eigenvalue weighted by molar-refractivity contribution is 14.0. The van der Waals surface area contributed by atoms with Crippen molar-refractivity contribution in [2.45, 2.75) is 51.2 Å². The smallest absolute Gasteiger partial charge is 0.191 e. The fourth-order valence-corrected chi connectivity index (χ4v) is 3.69. The molecule has 152 valence electrons. The Morgan fingerprint density at radius 2 is 2.07 bits per heavy atom. The van der Waals surface area contributed by atoms with E-state index in [1.54, 1.807) is 0 Å². The van der Waals surface area contributed by atoms with Gasteiger partial charge >= 0.3 is 0 Å². The van der Waals surface area contributed by atoms with Crippen LogP contribution in [-0.2, 0) is 6.54 Å². The highest BCUT2D eigenvalue weighted by Gasteiger charge is 2.31. The second kappa shape index (κ2) is 10.2. The molecule has 0 radical (unpaired) electrons. The maximum atomic E-state index is 4.80. The van der Waals surface area contributed by atoms with Gasteiger partial charge in [0.2, 0.25) is 0 Å². The van der Waals surface area contributed by atoms with Gasteiger partial charge in [-0.2, -0.15) is 5.10 Å². The van der Waals surface area contributed by atoms with Crippen molar-refractivity contribution in [2.24, 2.45) is 4.99 Å². The summed E-state index contributed by atoms with van der Waals surface area (Å²) in [5.74, 6) is 1.70. The summed E-state index contributed by atoms with van der Waals surface area (Å²) in [7, 11) is 0. The Bertz CT molecular complexity index is 750. The van der Waals surface area contributed by atoms with Gasteiger partial charge < -0.3 is 15.5 Å². The standard InChI is InChI=1S/C20H29N7.HI/c1-2-21-20(25-17-8-10-27(11-9-17)18-6-7-18)22-13-15-4-3-5-16(12-15)19-23-14-24-26-19;/h3-5,12,14,17-18H,2,6-11,13H2,1H3,(H2,21,22,25)(H,23,24,26);1H. The van der Waals surface area contributed by atoms with Crippen LogP contribution in [0.15, 0.2) is 35.6 Å². The van der Waals surface area contributed by atoms with Gasteiger partial charge in [0.05, 0.1) is 6.54 Å². The normalized spacial score (nSPS) is 18.5. The Morgan fingerprint density at radius 1 is 1.25 bits per heavy atom. The van der Waals surface area contributed by atoms with Crippen LogP contribution in [0.1, 0.15) is 38.2 Å². The van der Waals surface area contributed by atoms with Crippen molar-refractivity contribution >= 4 is 29.9 Å². The molecular formula is C20H30IN7. The molecule has 2 fully saturated rings. The van der Waals surface area contributed by atoms with Crippen LogP contribution in [0.2, 0.25) is 0 Å². The predicted molar refractivity (Wildman–Crippen MR) is 123 cm³/mol. The molecule has 8 heteroatoms. The molecule has 0 amide bonds. The summed E-state index contributed by atoms with van der Waals surface area (Å²) in [5.41, 5.74) is 2.19. The Kier molecular flexibility index (Phi) is 7.66. The molecule has 0 spiro atoms. The first-order valence-electron chi connectivity index (χ1n) is 10.1. The SMILES string of the molecule is CCNC(=NCc1cccc(-c2ncn[nH]2)c1)NC1CCN(C2CC2)CC1.I. The van der Waals surface area contributed by atoms with E-state index in [-0.39, 0.29) is 24.0 Å². The van der Waals surface area contributed by atoms with E-state index in [0.717, 1.165) is 35.5 Å². The molecule has 1 aromatic heterocycles. The van der Waals surface area contributed by atoms with E-state index in [0.29, 0.717) is 12.6 Å². The number of rotatable bonds is 6. The third-order valence-electron chi connectivity index (χ3n) is 5.31. The first-order valence-corrected chi connectivity index (χ1v) is 10.1. The topological polar surface area (TPSA) is 81.2 Å². The number of H-pyrrole nitrogens is 1. The number of hydrogen-bond acceptors (Lipinski definition) is 4. The number of hydrogen-bond donors (Lipinski definition) is 3. The number of likely N-dealkylation sites (tertiary alicyclic amines) is 1. The van der Waals surface area contributed by atoms with Crippen LogP contribution in [0.5, 0.6) is 0 Å². The van der Waals surface area contributed by atoms with Gasteiger partial charge in [-0.25, -0.2) is 9.98 Å². The molecule has 0 unspecified atom stereocenters. The molecule has 28 heavy (non-hydrogen) atoms.